The van der Waals surface area contributed by atoms with E-state index in [1.165, 1.54) is 23.1 Å². The van der Waals surface area contributed by atoms with Crippen LogP contribution in [-0.2, 0) is 15.0 Å². The molecule has 0 aliphatic rings. The first-order valence-corrected chi connectivity index (χ1v) is 9.56. The fourth-order valence-corrected chi connectivity index (χ4v) is 3.36. The Morgan fingerprint density at radius 2 is 1.71 bits per heavy atom. The lowest BCUT2D eigenvalue weighted by atomic mass is 9.93. The molecule has 2 rings (SSSR count). The van der Waals surface area contributed by atoms with Crippen molar-refractivity contribution in [2.24, 2.45) is 0 Å². The molecule has 5 nitrogen and oxygen atoms in total. The summed E-state index contributed by atoms with van der Waals surface area (Å²) < 4.78 is 0. The van der Waals surface area contributed by atoms with Crippen molar-refractivity contribution in [3.63, 3.8) is 0 Å². The molecule has 1 aromatic carbocycles. The average Bonchev–Trinajstić information content (AvgIpc) is 2.97. The maximum atomic E-state index is 11.9. The molecule has 0 unspecified atom stereocenters. The second-order valence-corrected chi connectivity index (χ2v) is 8.09. The summed E-state index contributed by atoms with van der Waals surface area (Å²) >= 11 is 2.69. The fourth-order valence-electron chi connectivity index (χ4n) is 1.79. The van der Waals surface area contributed by atoms with E-state index in [0.29, 0.717) is 5.13 Å². The Bertz CT molecular complexity index is 693. The van der Waals surface area contributed by atoms with Crippen molar-refractivity contribution >= 4 is 45.7 Å². The van der Waals surface area contributed by atoms with E-state index in [1.807, 2.05) is 35.7 Å². The van der Waals surface area contributed by atoms with Gasteiger partial charge in [0.25, 0.3) is 0 Å². The lowest BCUT2D eigenvalue weighted by molar-refractivity contribution is -0.114. The molecule has 0 bridgehead atoms. The summed E-state index contributed by atoms with van der Waals surface area (Å²) in [5.41, 5.74) is 1.67. The SMILES string of the molecule is CC(C)(C)c1csc(NC(=O)CSCC(=O)Nc2ccccc2)n1. The number of hydrogen-bond donors (Lipinski definition) is 2. The molecule has 1 heterocycles. The first kappa shape index (κ1) is 18.5. The van der Waals surface area contributed by atoms with Crippen LogP contribution in [0.4, 0.5) is 10.8 Å². The van der Waals surface area contributed by atoms with E-state index in [9.17, 15) is 9.59 Å². The van der Waals surface area contributed by atoms with Gasteiger partial charge in [-0.15, -0.1) is 23.1 Å². The number of benzene rings is 1. The number of carbonyl (C=O) groups excluding carboxylic acids is 2. The third-order valence-corrected chi connectivity index (χ3v) is 4.73. The van der Waals surface area contributed by atoms with Crippen LogP contribution in [0.3, 0.4) is 0 Å². The van der Waals surface area contributed by atoms with Gasteiger partial charge in [-0.1, -0.05) is 39.0 Å². The van der Waals surface area contributed by atoms with Crippen molar-refractivity contribution in [3.8, 4) is 0 Å². The first-order chi connectivity index (χ1) is 11.3. The Kier molecular flexibility index (Phi) is 6.39. The number of rotatable bonds is 6. The second-order valence-electron chi connectivity index (χ2n) is 6.24. The number of hydrogen-bond acceptors (Lipinski definition) is 5. The van der Waals surface area contributed by atoms with Crippen molar-refractivity contribution < 1.29 is 9.59 Å². The summed E-state index contributed by atoms with van der Waals surface area (Å²) in [7, 11) is 0. The molecule has 2 amide bonds. The van der Waals surface area contributed by atoms with E-state index in [2.05, 4.69) is 36.4 Å². The molecule has 0 aliphatic carbocycles. The minimum Gasteiger partial charge on any atom is -0.325 e. The van der Waals surface area contributed by atoms with E-state index in [0.717, 1.165) is 11.4 Å². The minimum atomic E-state index is -0.151. The number of nitrogens with zero attached hydrogens (tertiary/aromatic N) is 1. The molecular weight excluding hydrogens is 342 g/mol. The minimum absolute atomic E-state index is 0.0379. The van der Waals surface area contributed by atoms with Gasteiger partial charge in [0, 0.05) is 16.5 Å². The van der Waals surface area contributed by atoms with Crippen LogP contribution in [-0.4, -0.2) is 28.3 Å². The van der Waals surface area contributed by atoms with Crippen LogP contribution in [0.15, 0.2) is 35.7 Å². The molecule has 2 N–H and O–H groups in total. The van der Waals surface area contributed by atoms with E-state index in [1.54, 1.807) is 0 Å². The van der Waals surface area contributed by atoms with Crippen LogP contribution in [0.5, 0.6) is 0 Å². The fraction of sp³-hybridized carbons (Fsp3) is 0.353. The highest BCUT2D eigenvalue weighted by Gasteiger charge is 2.18. The van der Waals surface area contributed by atoms with Gasteiger partial charge in [-0.3, -0.25) is 9.59 Å². The molecule has 2 aromatic rings. The highest BCUT2D eigenvalue weighted by Crippen LogP contribution is 2.26. The van der Waals surface area contributed by atoms with Gasteiger partial charge in [-0.05, 0) is 12.1 Å². The molecule has 0 atom stereocenters. The van der Waals surface area contributed by atoms with Gasteiger partial charge >= 0.3 is 0 Å². The number of amides is 2. The van der Waals surface area contributed by atoms with E-state index in [-0.39, 0.29) is 28.7 Å². The Balaban J connectivity index is 1.71. The zero-order valence-electron chi connectivity index (χ0n) is 14.0. The zero-order valence-corrected chi connectivity index (χ0v) is 15.6. The largest absolute Gasteiger partial charge is 0.325 e. The highest BCUT2D eigenvalue weighted by atomic mass is 32.2. The predicted molar refractivity (Wildman–Crippen MR) is 102 cm³/mol. The van der Waals surface area contributed by atoms with E-state index < -0.39 is 0 Å². The molecule has 1 aromatic heterocycles. The average molecular weight is 364 g/mol. The van der Waals surface area contributed by atoms with Crippen molar-refractivity contribution in [1.29, 1.82) is 0 Å². The molecule has 0 saturated carbocycles. The summed E-state index contributed by atoms with van der Waals surface area (Å²) in [5.74, 6) is 0.172. The van der Waals surface area contributed by atoms with Gasteiger partial charge in [0.1, 0.15) is 0 Å². The normalized spacial score (nSPS) is 11.1. The van der Waals surface area contributed by atoms with Gasteiger partial charge in [0.05, 0.1) is 17.2 Å². The zero-order chi connectivity index (χ0) is 17.6. The number of thioether (sulfide) groups is 1. The van der Waals surface area contributed by atoms with Crippen LogP contribution in [0.1, 0.15) is 26.5 Å². The van der Waals surface area contributed by atoms with E-state index >= 15 is 0 Å². The van der Waals surface area contributed by atoms with Crippen molar-refractivity contribution in [3.05, 3.63) is 41.4 Å². The topological polar surface area (TPSA) is 71.1 Å². The smallest absolute Gasteiger partial charge is 0.236 e. The van der Waals surface area contributed by atoms with Crippen LogP contribution in [0.25, 0.3) is 0 Å². The van der Waals surface area contributed by atoms with Gasteiger partial charge < -0.3 is 10.6 Å². The number of carbonyl (C=O) groups is 2. The molecular formula is C17H21N3O2S2. The van der Waals surface area contributed by atoms with Crippen molar-refractivity contribution in [2.75, 3.05) is 22.1 Å². The van der Waals surface area contributed by atoms with Gasteiger partial charge in [0.15, 0.2) is 5.13 Å². The Morgan fingerprint density at radius 1 is 1.08 bits per heavy atom. The van der Waals surface area contributed by atoms with Crippen molar-refractivity contribution in [1.82, 2.24) is 4.98 Å². The lowest BCUT2D eigenvalue weighted by Crippen LogP contribution is -2.18. The maximum absolute atomic E-state index is 11.9. The number of thiazole rings is 1. The monoisotopic (exact) mass is 363 g/mol. The molecule has 0 fully saturated rings. The summed E-state index contributed by atoms with van der Waals surface area (Å²) in [6, 6.07) is 9.25. The van der Waals surface area contributed by atoms with E-state index in [4.69, 9.17) is 0 Å². The lowest BCUT2D eigenvalue weighted by Gasteiger charge is -2.14. The summed E-state index contributed by atoms with van der Waals surface area (Å²) in [6.45, 7) is 6.23. The summed E-state index contributed by atoms with van der Waals surface area (Å²) in [6.07, 6.45) is 0. The molecule has 0 spiro atoms. The molecule has 24 heavy (non-hydrogen) atoms. The van der Waals surface area contributed by atoms with Crippen molar-refractivity contribution in [2.45, 2.75) is 26.2 Å². The van der Waals surface area contributed by atoms with Crippen LogP contribution < -0.4 is 10.6 Å². The number of nitrogens with one attached hydrogen (secondary N) is 2. The first-order valence-electron chi connectivity index (χ1n) is 7.53. The molecule has 0 aliphatic heterocycles. The van der Waals surface area contributed by atoms with Crippen LogP contribution in [0, 0.1) is 0 Å². The second kappa shape index (κ2) is 8.30. The molecule has 0 saturated heterocycles. The third kappa shape index (κ3) is 5.98. The predicted octanol–water partition coefficient (Wildman–Crippen LogP) is 3.75. The molecule has 0 radical (unpaired) electrons. The number of para-hydroxylation sites is 1. The Labute approximate surface area is 150 Å². The van der Waals surface area contributed by atoms with Gasteiger partial charge in [0.2, 0.25) is 11.8 Å². The maximum Gasteiger partial charge on any atom is 0.236 e. The van der Waals surface area contributed by atoms with Gasteiger partial charge in [-0.25, -0.2) is 4.98 Å². The highest BCUT2D eigenvalue weighted by molar-refractivity contribution is 8.00. The Hall–Kier alpha value is -1.86. The third-order valence-electron chi connectivity index (χ3n) is 3.04. The molecule has 128 valence electrons. The van der Waals surface area contributed by atoms with Crippen LogP contribution in [0.2, 0.25) is 0 Å². The number of anilines is 2. The quantitative estimate of drug-likeness (QED) is 0.820. The molecule has 7 heteroatoms. The number of aromatic nitrogens is 1. The summed E-state index contributed by atoms with van der Waals surface area (Å²) in [5, 5.41) is 8.11. The Morgan fingerprint density at radius 3 is 2.29 bits per heavy atom. The van der Waals surface area contributed by atoms with Crippen LogP contribution >= 0.6 is 23.1 Å². The standard InChI is InChI=1S/C17H21N3O2S2/c1-17(2,3)13-9-24-16(19-13)20-15(22)11-23-10-14(21)18-12-7-5-4-6-8-12/h4-9H,10-11H2,1-3H3,(H,18,21)(H,19,20,22). The van der Waals surface area contributed by atoms with Gasteiger partial charge in [-0.2, -0.15) is 0 Å². The summed E-state index contributed by atoms with van der Waals surface area (Å²) in [4.78, 5) is 28.1.